The van der Waals surface area contributed by atoms with Crippen molar-refractivity contribution in [3.05, 3.63) is 58.4 Å². The molecule has 2 saturated carbocycles. The standard InChI is InChI=1S/C25H35F2N5O4.C20H27F2N5O2/c1-15-12-16(2)32(30-15)22-28-19(18-14-35-11-8-20(18)33)13-21(29-22)31(23(34)36-24(3,4)5)17-6-9-25(26,27)10-7-17;1-12-9-13(2)27(26-12)19-24-16(15-11-29-8-5-17(15)28)10-18(25-19)23-14-3-6-20(21,22)7-4-14/h12-13,17-18,20,33H,6-11,14H2,1-5H3;9-10,14-15,17,28H,3-8,11H2,1-2H3,(H,23,24,25)/t18-,20+;15-,17+/m00/s1. The van der Waals surface area contributed by atoms with Crippen molar-refractivity contribution in [3.8, 4) is 11.9 Å². The second-order valence-electron chi connectivity index (χ2n) is 18.9. The zero-order valence-electron chi connectivity index (χ0n) is 38.2. The molecule has 2 aliphatic carbocycles. The van der Waals surface area contributed by atoms with Gasteiger partial charge in [0.1, 0.15) is 17.2 Å². The van der Waals surface area contributed by atoms with Crippen LogP contribution in [0.4, 0.5) is 34.0 Å². The summed E-state index contributed by atoms with van der Waals surface area (Å²) < 4.78 is 75.0. The third-order valence-corrected chi connectivity index (χ3v) is 12.2. The molecule has 4 fully saturated rings. The second kappa shape index (κ2) is 19.6. The van der Waals surface area contributed by atoms with Gasteiger partial charge in [0.2, 0.25) is 11.8 Å². The van der Waals surface area contributed by atoms with Gasteiger partial charge in [0.15, 0.2) is 0 Å². The summed E-state index contributed by atoms with van der Waals surface area (Å²) in [6, 6.07) is 6.65. The maximum atomic E-state index is 14.0. The highest BCUT2D eigenvalue weighted by atomic mass is 19.3. The molecule has 3 N–H and O–H groups in total. The Morgan fingerprint density at radius 1 is 0.723 bits per heavy atom. The maximum Gasteiger partial charge on any atom is 0.416 e. The highest BCUT2D eigenvalue weighted by molar-refractivity contribution is 5.87. The topological polar surface area (TPSA) is 188 Å². The molecule has 1 amide bonds. The van der Waals surface area contributed by atoms with Crippen LogP contribution in [-0.2, 0) is 14.2 Å². The summed E-state index contributed by atoms with van der Waals surface area (Å²) in [6.07, 6.45) is -0.808. The summed E-state index contributed by atoms with van der Waals surface area (Å²) >= 11 is 0. The third kappa shape index (κ3) is 12.2. The van der Waals surface area contributed by atoms with Crippen molar-refractivity contribution >= 4 is 17.7 Å². The van der Waals surface area contributed by atoms with E-state index in [0.717, 1.165) is 22.8 Å². The fourth-order valence-electron chi connectivity index (χ4n) is 8.76. The number of aromatic nitrogens is 8. The minimum absolute atomic E-state index is 0.0711. The van der Waals surface area contributed by atoms with E-state index in [4.69, 9.17) is 14.2 Å². The number of alkyl halides is 4. The van der Waals surface area contributed by atoms with Gasteiger partial charge in [-0.25, -0.2) is 41.7 Å². The van der Waals surface area contributed by atoms with E-state index in [0.29, 0.717) is 68.7 Å². The molecule has 6 heterocycles. The molecule has 20 heteroatoms. The smallest absolute Gasteiger partial charge is 0.416 e. The highest BCUT2D eigenvalue weighted by Gasteiger charge is 2.41. The molecule has 4 aromatic heterocycles. The van der Waals surface area contributed by atoms with E-state index < -0.39 is 47.7 Å². The highest BCUT2D eigenvalue weighted by Crippen LogP contribution is 2.39. The van der Waals surface area contributed by atoms with Crippen LogP contribution in [0.2, 0.25) is 0 Å². The minimum Gasteiger partial charge on any atom is -0.443 e. The minimum atomic E-state index is -2.76. The van der Waals surface area contributed by atoms with Crippen LogP contribution in [0.3, 0.4) is 0 Å². The molecule has 16 nitrogen and oxygen atoms in total. The van der Waals surface area contributed by atoms with Crippen molar-refractivity contribution in [2.75, 3.05) is 36.6 Å². The molecule has 4 atom stereocenters. The molecule has 0 unspecified atom stereocenters. The molecule has 4 aromatic rings. The van der Waals surface area contributed by atoms with Crippen molar-refractivity contribution < 1.29 is 46.8 Å². The van der Waals surface area contributed by atoms with Gasteiger partial charge < -0.3 is 29.7 Å². The normalized spacial score (nSPS) is 23.9. The lowest BCUT2D eigenvalue weighted by Crippen LogP contribution is -2.47. The van der Waals surface area contributed by atoms with E-state index in [1.807, 2.05) is 39.8 Å². The van der Waals surface area contributed by atoms with Crippen molar-refractivity contribution in [1.29, 1.82) is 0 Å². The Kier molecular flexibility index (Phi) is 14.5. The zero-order chi connectivity index (χ0) is 46.8. The number of ether oxygens (including phenoxy) is 3. The summed E-state index contributed by atoms with van der Waals surface area (Å²) in [7, 11) is 0. The predicted molar refractivity (Wildman–Crippen MR) is 232 cm³/mol. The average molecular weight is 915 g/mol. The summed E-state index contributed by atoms with van der Waals surface area (Å²) in [5, 5.41) is 33.4. The largest absolute Gasteiger partial charge is 0.443 e. The summed E-state index contributed by atoms with van der Waals surface area (Å²) in [6.45, 7) is 14.4. The van der Waals surface area contributed by atoms with Gasteiger partial charge in [-0.05, 0) is 99.1 Å². The van der Waals surface area contributed by atoms with Crippen LogP contribution >= 0.6 is 0 Å². The van der Waals surface area contributed by atoms with Gasteiger partial charge in [0.05, 0.1) is 60.0 Å². The molecule has 2 saturated heterocycles. The Balaban J connectivity index is 0.000000198. The summed E-state index contributed by atoms with van der Waals surface area (Å²) in [4.78, 5) is 33.4. The van der Waals surface area contributed by atoms with Gasteiger partial charge >= 0.3 is 6.09 Å². The first-order valence-electron chi connectivity index (χ1n) is 22.5. The van der Waals surface area contributed by atoms with Crippen molar-refractivity contribution in [2.45, 2.75) is 166 Å². The number of hydrogen-bond acceptors (Lipinski definition) is 13. The van der Waals surface area contributed by atoms with E-state index in [-0.39, 0.29) is 68.9 Å². The van der Waals surface area contributed by atoms with Crippen LogP contribution in [0.1, 0.15) is 131 Å². The first kappa shape index (κ1) is 48.2. The van der Waals surface area contributed by atoms with Gasteiger partial charge in [-0.2, -0.15) is 20.2 Å². The molecule has 0 spiro atoms. The Morgan fingerprint density at radius 2 is 1.20 bits per heavy atom. The van der Waals surface area contributed by atoms with E-state index in [1.54, 1.807) is 42.3 Å². The van der Waals surface area contributed by atoms with Gasteiger partial charge in [-0.1, -0.05) is 0 Å². The SMILES string of the molecule is Cc1cc(C)n(-c2nc(NC3CCC(F)(F)CC3)cc([C@@H]3COCC[C@H]3O)n2)n1.Cc1cc(C)n(-c2nc([C@@H]3COCC[C@H]3O)cc(N(C(=O)OC(C)(C)C)C3CCC(F)(F)CC3)n2)n1. The molecular formula is C45H62F4N10O6. The number of nitrogens with one attached hydrogen (secondary N) is 1. The van der Waals surface area contributed by atoms with Crippen LogP contribution in [0.15, 0.2) is 24.3 Å². The van der Waals surface area contributed by atoms with Gasteiger partial charge in [0, 0.05) is 74.5 Å². The number of nitrogens with zero attached hydrogens (tertiary/aromatic N) is 9. The number of amides is 1. The second-order valence-corrected chi connectivity index (χ2v) is 18.9. The lowest BCUT2D eigenvalue weighted by molar-refractivity contribution is -0.0389. The van der Waals surface area contributed by atoms with Crippen LogP contribution in [0, 0.1) is 27.7 Å². The van der Waals surface area contributed by atoms with Crippen LogP contribution in [-0.4, -0.2) is 124 Å². The average Bonchev–Trinajstić information content (AvgIpc) is 3.76. The molecule has 8 rings (SSSR count). The molecule has 2 aliphatic heterocycles. The Bertz CT molecular complexity index is 2260. The van der Waals surface area contributed by atoms with Crippen LogP contribution < -0.4 is 10.2 Å². The number of aryl methyl sites for hydroxylation is 4. The molecule has 0 aromatic carbocycles. The van der Waals surface area contributed by atoms with Crippen LogP contribution in [0.5, 0.6) is 0 Å². The number of aliphatic hydroxyl groups is 2. The number of carbonyl (C=O) groups excluding carboxylic acids is 1. The fourth-order valence-corrected chi connectivity index (χ4v) is 8.76. The number of aliphatic hydroxyl groups excluding tert-OH is 2. The number of carbonyl (C=O) groups is 1. The molecule has 65 heavy (non-hydrogen) atoms. The first-order chi connectivity index (χ1) is 30.6. The van der Waals surface area contributed by atoms with E-state index >= 15 is 0 Å². The lowest BCUT2D eigenvalue weighted by Gasteiger charge is -2.37. The number of hydrogen-bond donors (Lipinski definition) is 3. The molecule has 0 bridgehead atoms. The van der Waals surface area contributed by atoms with E-state index in [2.05, 4.69) is 35.5 Å². The summed E-state index contributed by atoms with van der Waals surface area (Å²) in [5.74, 6) is -4.63. The van der Waals surface area contributed by atoms with Crippen LogP contribution in [0.25, 0.3) is 11.9 Å². The monoisotopic (exact) mass is 914 g/mol. The van der Waals surface area contributed by atoms with Crippen molar-refractivity contribution in [2.24, 2.45) is 0 Å². The quantitative estimate of drug-likeness (QED) is 0.147. The lowest BCUT2D eigenvalue weighted by atomic mass is 9.91. The summed E-state index contributed by atoms with van der Waals surface area (Å²) in [5.41, 5.74) is 3.66. The fraction of sp³-hybridized carbons (Fsp3) is 0.667. The van der Waals surface area contributed by atoms with Gasteiger partial charge in [-0.15, -0.1) is 0 Å². The van der Waals surface area contributed by atoms with Gasteiger partial charge in [0.25, 0.3) is 11.9 Å². The number of halogens is 4. The molecule has 356 valence electrons. The van der Waals surface area contributed by atoms with Crippen molar-refractivity contribution in [3.63, 3.8) is 0 Å². The predicted octanol–water partition coefficient (Wildman–Crippen LogP) is 7.60. The zero-order valence-corrected chi connectivity index (χ0v) is 38.2. The number of rotatable bonds is 8. The Hall–Kier alpha value is -4.79. The van der Waals surface area contributed by atoms with Crippen molar-refractivity contribution in [1.82, 2.24) is 39.5 Å². The number of anilines is 2. The maximum absolute atomic E-state index is 14.0. The first-order valence-corrected chi connectivity index (χ1v) is 22.5. The van der Waals surface area contributed by atoms with E-state index in [1.165, 1.54) is 4.90 Å². The third-order valence-electron chi connectivity index (χ3n) is 12.2. The van der Waals surface area contributed by atoms with E-state index in [9.17, 15) is 32.6 Å². The Labute approximate surface area is 376 Å². The Morgan fingerprint density at radius 3 is 1.66 bits per heavy atom. The van der Waals surface area contributed by atoms with Gasteiger partial charge in [-0.3, -0.25) is 4.90 Å². The molecule has 4 aliphatic rings. The molecule has 0 radical (unpaired) electrons. The molecular weight excluding hydrogens is 853 g/mol.